The van der Waals surface area contributed by atoms with Gasteiger partial charge in [0.05, 0.1) is 0 Å². The van der Waals surface area contributed by atoms with E-state index in [2.05, 4.69) is 36.3 Å². The van der Waals surface area contributed by atoms with E-state index in [9.17, 15) is 0 Å². The van der Waals surface area contributed by atoms with Gasteiger partial charge in [0.2, 0.25) is 0 Å². The lowest BCUT2D eigenvalue weighted by Gasteiger charge is -2.24. The molecule has 2 heteroatoms. The van der Waals surface area contributed by atoms with Crippen molar-refractivity contribution in [2.24, 2.45) is 5.92 Å². The zero-order chi connectivity index (χ0) is 12.1. The molecule has 1 saturated carbocycles. The molecule has 0 aromatic carbocycles. The second kappa shape index (κ2) is 6.15. The molecule has 2 rings (SSSR count). The van der Waals surface area contributed by atoms with Gasteiger partial charge in [0.25, 0.3) is 0 Å². The molecule has 0 spiro atoms. The Morgan fingerprint density at radius 1 is 1.35 bits per heavy atom. The van der Waals surface area contributed by atoms with Crippen LogP contribution in [0.5, 0.6) is 0 Å². The number of nitrogens with zero attached hydrogens (tertiary/aromatic N) is 1. The first-order chi connectivity index (χ1) is 8.29. The minimum Gasteiger partial charge on any atom is -0.314 e. The summed E-state index contributed by atoms with van der Waals surface area (Å²) >= 11 is 0. The zero-order valence-corrected chi connectivity index (χ0v) is 11.1. The summed E-state index contributed by atoms with van der Waals surface area (Å²) in [6.45, 7) is 5.35. The van der Waals surface area contributed by atoms with E-state index in [1.54, 1.807) is 0 Å². The fourth-order valence-corrected chi connectivity index (χ4v) is 2.87. The highest BCUT2D eigenvalue weighted by Gasteiger charge is 2.24. The fraction of sp³-hybridized carbons (Fsp3) is 0.667. The SMILES string of the molecule is CCNC(Cc1ccc(C)cn1)C1CCCC1. The highest BCUT2D eigenvalue weighted by Crippen LogP contribution is 2.29. The van der Waals surface area contributed by atoms with Gasteiger partial charge < -0.3 is 5.32 Å². The molecule has 1 fully saturated rings. The predicted molar refractivity (Wildman–Crippen MR) is 72.1 cm³/mol. The minimum atomic E-state index is 0.623. The van der Waals surface area contributed by atoms with Crippen LogP contribution in [0.3, 0.4) is 0 Å². The van der Waals surface area contributed by atoms with Crippen LogP contribution in [0.15, 0.2) is 18.3 Å². The first kappa shape index (κ1) is 12.6. The van der Waals surface area contributed by atoms with Crippen LogP contribution in [0.2, 0.25) is 0 Å². The van der Waals surface area contributed by atoms with Crippen molar-refractivity contribution in [3.8, 4) is 0 Å². The first-order valence-corrected chi connectivity index (χ1v) is 6.94. The molecule has 0 bridgehead atoms. The summed E-state index contributed by atoms with van der Waals surface area (Å²) in [7, 11) is 0. The highest BCUT2D eigenvalue weighted by molar-refractivity contribution is 5.13. The Bertz CT molecular complexity index is 325. The van der Waals surface area contributed by atoms with E-state index in [1.165, 1.54) is 36.9 Å². The van der Waals surface area contributed by atoms with Crippen LogP contribution in [-0.2, 0) is 6.42 Å². The molecule has 0 amide bonds. The summed E-state index contributed by atoms with van der Waals surface area (Å²) in [5.74, 6) is 0.859. The number of hydrogen-bond donors (Lipinski definition) is 1. The van der Waals surface area contributed by atoms with Gasteiger partial charge >= 0.3 is 0 Å². The summed E-state index contributed by atoms with van der Waals surface area (Å²) in [5, 5.41) is 3.65. The number of nitrogens with one attached hydrogen (secondary N) is 1. The largest absolute Gasteiger partial charge is 0.314 e. The molecule has 2 nitrogen and oxygen atoms in total. The fourth-order valence-electron chi connectivity index (χ4n) is 2.87. The lowest BCUT2D eigenvalue weighted by Crippen LogP contribution is -2.37. The molecule has 1 aromatic heterocycles. The molecule has 1 N–H and O–H groups in total. The lowest BCUT2D eigenvalue weighted by atomic mass is 9.94. The third-order valence-electron chi connectivity index (χ3n) is 3.84. The van der Waals surface area contributed by atoms with Crippen molar-refractivity contribution >= 4 is 0 Å². The van der Waals surface area contributed by atoms with E-state index in [4.69, 9.17) is 0 Å². The predicted octanol–water partition coefficient (Wildman–Crippen LogP) is 3.10. The Morgan fingerprint density at radius 2 is 2.12 bits per heavy atom. The van der Waals surface area contributed by atoms with E-state index in [0.29, 0.717) is 6.04 Å². The van der Waals surface area contributed by atoms with Crippen LogP contribution in [-0.4, -0.2) is 17.6 Å². The van der Waals surface area contributed by atoms with Gasteiger partial charge in [0.1, 0.15) is 0 Å². The molecule has 0 radical (unpaired) electrons. The van der Waals surface area contributed by atoms with E-state index in [1.807, 2.05) is 6.20 Å². The molecule has 1 unspecified atom stereocenters. The van der Waals surface area contributed by atoms with Crippen molar-refractivity contribution in [2.45, 2.75) is 52.0 Å². The summed E-state index contributed by atoms with van der Waals surface area (Å²) in [6.07, 6.45) is 8.67. The van der Waals surface area contributed by atoms with Crippen molar-refractivity contribution in [1.82, 2.24) is 10.3 Å². The molecular weight excluding hydrogens is 208 g/mol. The number of likely N-dealkylation sites (N-methyl/N-ethyl adjacent to an activating group) is 1. The molecule has 1 atom stereocenters. The maximum atomic E-state index is 4.53. The van der Waals surface area contributed by atoms with Crippen LogP contribution in [0.25, 0.3) is 0 Å². The standard InChI is InChI=1S/C15H24N2/c1-3-16-15(13-6-4-5-7-13)10-14-9-8-12(2)11-17-14/h8-9,11,13,15-16H,3-7,10H2,1-2H3. The molecular formula is C15H24N2. The van der Waals surface area contributed by atoms with Crippen LogP contribution in [0.4, 0.5) is 0 Å². The number of pyridine rings is 1. The Kier molecular flexibility index (Phi) is 4.55. The average Bonchev–Trinajstić information content (AvgIpc) is 2.85. The quantitative estimate of drug-likeness (QED) is 0.844. The summed E-state index contributed by atoms with van der Waals surface area (Å²) in [5.41, 5.74) is 2.48. The molecule has 0 saturated heterocycles. The van der Waals surface area contributed by atoms with E-state index in [0.717, 1.165) is 18.9 Å². The maximum Gasteiger partial charge on any atom is 0.0419 e. The van der Waals surface area contributed by atoms with Crippen molar-refractivity contribution in [1.29, 1.82) is 0 Å². The van der Waals surface area contributed by atoms with Crippen LogP contribution in [0, 0.1) is 12.8 Å². The second-order valence-corrected chi connectivity index (χ2v) is 5.24. The van der Waals surface area contributed by atoms with Crippen molar-refractivity contribution in [3.63, 3.8) is 0 Å². The van der Waals surface area contributed by atoms with Gasteiger partial charge in [-0.05, 0) is 43.9 Å². The van der Waals surface area contributed by atoms with Gasteiger partial charge in [-0.2, -0.15) is 0 Å². The topological polar surface area (TPSA) is 24.9 Å². The number of aromatic nitrogens is 1. The van der Waals surface area contributed by atoms with E-state index in [-0.39, 0.29) is 0 Å². The second-order valence-electron chi connectivity index (χ2n) is 5.24. The average molecular weight is 232 g/mol. The monoisotopic (exact) mass is 232 g/mol. The molecule has 1 aliphatic carbocycles. The van der Waals surface area contributed by atoms with Gasteiger partial charge in [-0.15, -0.1) is 0 Å². The van der Waals surface area contributed by atoms with Crippen molar-refractivity contribution < 1.29 is 0 Å². The molecule has 1 aliphatic rings. The Labute approximate surface area is 105 Å². The highest BCUT2D eigenvalue weighted by atomic mass is 14.9. The molecule has 0 aliphatic heterocycles. The van der Waals surface area contributed by atoms with Crippen LogP contribution < -0.4 is 5.32 Å². The molecule has 1 aromatic rings. The summed E-state index contributed by atoms with van der Waals surface area (Å²) < 4.78 is 0. The third-order valence-corrected chi connectivity index (χ3v) is 3.84. The normalized spacial score (nSPS) is 18.5. The van der Waals surface area contributed by atoms with Crippen LogP contribution in [0.1, 0.15) is 43.9 Å². The van der Waals surface area contributed by atoms with Gasteiger partial charge in [0, 0.05) is 24.4 Å². The zero-order valence-electron chi connectivity index (χ0n) is 11.1. The van der Waals surface area contributed by atoms with Gasteiger partial charge in [0.15, 0.2) is 0 Å². The van der Waals surface area contributed by atoms with Crippen LogP contribution >= 0.6 is 0 Å². The molecule has 1 heterocycles. The summed E-state index contributed by atoms with van der Waals surface area (Å²) in [6, 6.07) is 4.96. The van der Waals surface area contributed by atoms with E-state index >= 15 is 0 Å². The molecule has 94 valence electrons. The first-order valence-electron chi connectivity index (χ1n) is 6.94. The maximum absolute atomic E-state index is 4.53. The number of aryl methyl sites for hydroxylation is 1. The Morgan fingerprint density at radius 3 is 2.71 bits per heavy atom. The van der Waals surface area contributed by atoms with Gasteiger partial charge in [-0.25, -0.2) is 0 Å². The van der Waals surface area contributed by atoms with Gasteiger partial charge in [-0.3, -0.25) is 4.98 Å². The van der Waals surface area contributed by atoms with Gasteiger partial charge in [-0.1, -0.05) is 25.8 Å². The lowest BCUT2D eigenvalue weighted by molar-refractivity contribution is 0.360. The molecule has 17 heavy (non-hydrogen) atoms. The summed E-state index contributed by atoms with van der Waals surface area (Å²) in [4.78, 5) is 4.53. The third kappa shape index (κ3) is 3.53. The van der Waals surface area contributed by atoms with Crippen molar-refractivity contribution in [2.75, 3.05) is 6.54 Å². The van der Waals surface area contributed by atoms with Crippen molar-refractivity contribution in [3.05, 3.63) is 29.6 Å². The number of hydrogen-bond acceptors (Lipinski definition) is 2. The van der Waals surface area contributed by atoms with E-state index < -0.39 is 0 Å². The number of rotatable bonds is 5. The minimum absolute atomic E-state index is 0.623. The smallest absolute Gasteiger partial charge is 0.0419 e. The Hall–Kier alpha value is -0.890. The Balaban J connectivity index is 1.98.